The molecule has 0 amide bonds. The summed E-state index contributed by atoms with van der Waals surface area (Å²) in [5.74, 6) is -2.32. The van der Waals surface area contributed by atoms with Gasteiger partial charge in [-0.15, -0.1) is 23.5 Å². The van der Waals surface area contributed by atoms with Gasteiger partial charge in [-0.3, -0.25) is 0 Å². The van der Waals surface area contributed by atoms with Crippen LogP contribution >= 0.6 is 48.0 Å². The van der Waals surface area contributed by atoms with Crippen molar-refractivity contribution in [1.82, 2.24) is 0 Å². The van der Waals surface area contributed by atoms with Crippen LogP contribution in [0.3, 0.4) is 0 Å². The number of thioether (sulfide) groups is 2. The van der Waals surface area contributed by atoms with Gasteiger partial charge in [0, 0.05) is 19.9 Å². The quantitative estimate of drug-likeness (QED) is 0.180. The molecule has 0 unspecified atom stereocenters. The minimum absolute atomic E-state index is 0. The number of thiocarbonyl (C=S) groups is 2. The summed E-state index contributed by atoms with van der Waals surface area (Å²) >= 11 is 12.4. The van der Waals surface area contributed by atoms with Crippen molar-refractivity contribution in [3.8, 4) is 0 Å². The fourth-order valence-electron chi connectivity index (χ4n) is 1.49. The number of unbranched alkanes of at least 4 members (excludes halogenated alkanes) is 4. The van der Waals surface area contributed by atoms with E-state index in [0.717, 1.165) is 76.9 Å². The third kappa shape index (κ3) is 23.8. The number of carbonyl (C=O) groups excluding carboxylic acids is 2. The molecule has 0 aromatic heterocycles. The van der Waals surface area contributed by atoms with Crippen LogP contribution in [-0.2, 0) is 9.59 Å². The van der Waals surface area contributed by atoms with E-state index in [1.807, 2.05) is 0 Å². The first-order chi connectivity index (χ1) is 9.91. The van der Waals surface area contributed by atoms with Crippen LogP contribution < -0.4 is 69.3 Å². The fraction of sp³-hybridized carbons (Fsp3) is 0.692. The summed E-state index contributed by atoms with van der Waals surface area (Å²) in [6, 6.07) is 0. The summed E-state index contributed by atoms with van der Waals surface area (Å²) in [5.41, 5.74) is 0. The van der Waals surface area contributed by atoms with Crippen molar-refractivity contribution < 1.29 is 78.9 Å². The molecule has 0 bridgehead atoms. The van der Waals surface area contributed by atoms with Gasteiger partial charge in [-0.1, -0.05) is 43.7 Å². The summed E-state index contributed by atoms with van der Waals surface area (Å²) in [7, 11) is 0. The van der Waals surface area contributed by atoms with Crippen molar-refractivity contribution in [3.05, 3.63) is 0 Å². The third-order valence-corrected chi connectivity index (χ3v) is 5.39. The predicted molar refractivity (Wildman–Crippen MR) is 92.4 cm³/mol. The van der Waals surface area contributed by atoms with Crippen LogP contribution in [-0.4, -0.2) is 31.8 Å². The van der Waals surface area contributed by atoms with E-state index < -0.39 is 11.9 Å². The third-order valence-electron chi connectivity index (χ3n) is 2.46. The fourth-order valence-corrected chi connectivity index (χ4v) is 3.27. The summed E-state index contributed by atoms with van der Waals surface area (Å²) < 4.78 is 1.44. The standard InChI is InChI=1S/C13H20O4S4.2Na/c14-10(15)8-20-12(18)6-4-2-1-3-5-7-13(19)21-9-11(16)17;;/h1-9H2,(H,14,15)(H,16,17);;/q;2*+1/p-2. The van der Waals surface area contributed by atoms with E-state index in [9.17, 15) is 19.8 Å². The maximum atomic E-state index is 10.3. The van der Waals surface area contributed by atoms with Gasteiger partial charge in [0.15, 0.2) is 0 Å². The van der Waals surface area contributed by atoms with Crippen LogP contribution in [0.5, 0.6) is 0 Å². The van der Waals surface area contributed by atoms with Gasteiger partial charge >= 0.3 is 59.1 Å². The Kier molecular flexibility index (Phi) is 25.9. The molecule has 0 atom stereocenters. The summed E-state index contributed by atoms with van der Waals surface area (Å²) in [6.07, 6.45) is 6.60. The molecular weight excluding hydrogens is 394 g/mol. The van der Waals surface area contributed by atoms with E-state index in [2.05, 4.69) is 0 Å². The van der Waals surface area contributed by atoms with E-state index in [0.29, 0.717) is 0 Å². The molecule has 0 fully saturated rings. The van der Waals surface area contributed by atoms with E-state index in [4.69, 9.17) is 24.4 Å². The van der Waals surface area contributed by atoms with Gasteiger partial charge in [-0.2, -0.15) is 0 Å². The molecule has 0 heterocycles. The Morgan fingerprint density at radius 2 is 1.00 bits per heavy atom. The Morgan fingerprint density at radius 1 is 0.696 bits per heavy atom. The van der Waals surface area contributed by atoms with Crippen molar-refractivity contribution in [3.63, 3.8) is 0 Å². The summed E-state index contributed by atoms with van der Waals surface area (Å²) in [4.78, 5) is 20.5. The number of rotatable bonds is 12. The van der Waals surface area contributed by atoms with Crippen LogP contribution in [0, 0.1) is 0 Å². The number of aliphatic carboxylic acids is 2. The second-order valence-corrected chi connectivity index (χ2v) is 7.98. The minimum Gasteiger partial charge on any atom is -0.549 e. The van der Waals surface area contributed by atoms with Crippen molar-refractivity contribution >= 4 is 68.3 Å². The molecule has 0 aliphatic carbocycles. The van der Waals surface area contributed by atoms with Crippen molar-refractivity contribution in [2.75, 3.05) is 11.5 Å². The van der Waals surface area contributed by atoms with Gasteiger partial charge in [-0.05, 0) is 25.7 Å². The Balaban J connectivity index is -0.00000200. The van der Waals surface area contributed by atoms with E-state index in [-0.39, 0.29) is 70.6 Å². The first-order valence-corrected chi connectivity index (χ1v) is 9.41. The van der Waals surface area contributed by atoms with Gasteiger partial charge in [0.1, 0.15) is 0 Å². The second-order valence-electron chi connectivity index (χ2n) is 4.33. The second kappa shape index (κ2) is 20.1. The number of carboxylic acids is 2. The molecule has 10 heteroatoms. The molecule has 0 spiro atoms. The summed E-state index contributed by atoms with van der Waals surface area (Å²) in [5, 5.41) is 20.5. The SMILES string of the molecule is O=C([O-])CSC(=S)CCCCCCCC(=S)SCC(=O)[O-].[Na+].[Na+]. The molecular formula is C13H18Na2O4S4. The first kappa shape index (κ1) is 29.6. The monoisotopic (exact) mass is 412 g/mol. The average molecular weight is 413 g/mol. The average Bonchev–Trinajstić information content (AvgIpc) is 2.41. The Morgan fingerprint density at radius 3 is 1.30 bits per heavy atom. The van der Waals surface area contributed by atoms with Gasteiger partial charge in [0.05, 0.1) is 11.9 Å². The van der Waals surface area contributed by atoms with Crippen LogP contribution in [0.25, 0.3) is 0 Å². The number of hydrogen-bond acceptors (Lipinski definition) is 8. The van der Waals surface area contributed by atoms with Crippen LogP contribution in [0.2, 0.25) is 0 Å². The van der Waals surface area contributed by atoms with Crippen LogP contribution in [0.4, 0.5) is 0 Å². The molecule has 0 rings (SSSR count). The molecule has 0 radical (unpaired) electrons. The molecule has 0 saturated carbocycles. The van der Waals surface area contributed by atoms with Gasteiger partial charge in [0.2, 0.25) is 0 Å². The van der Waals surface area contributed by atoms with E-state index in [1.54, 1.807) is 0 Å². The molecule has 120 valence electrons. The van der Waals surface area contributed by atoms with Crippen LogP contribution in [0.1, 0.15) is 44.9 Å². The number of hydrogen-bond donors (Lipinski definition) is 0. The predicted octanol–water partition coefficient (Wildman–Crippen LogP) is -4.65. The molecule has 0 saturated heterocycles. The Labute approximate surface area is 201 Å². The smallest absolute Gasteiger partial charge is 0.549 e. The molecule has 0 N–H and O–H groups in total. The van der Waals surface area contributed by atoms with Gasteiger partial charge in [-0.25, -0.2) is 0 Å². The maximum absolute atomic E-state index is 10.3. The van der Waals surface area contributed by atoms with Crippen molar-refractivity contribution in [2.24, 2.45) is 0 Å². The topological polar surface area (TPSA) is 80.3 Å². The number of carboxylic acid groups (broad SMARTS) is 2. The van der Waals surface area contributed by atoms with Crippen molar-refractivity contribution in [2.45, 2.75) is 44.9 Å². The molecule has 0 aromatic carbocycles. The molecule has 0 aliphatic heterocycles. The Bertz CT molecular complexity index is 347. The minimum atomic E-state index is -1.09. The summed E-state index contributed by atoms with van der Waals surface area (Å²) in [6.45, 7) is 0. The van der Waals surface area contributed by atoms with E-state index in [1.165, 1.54) is 0 Å². The van der Waals surface area contributed by atoms with E-state index >= 15 is 0 Å². The molecule has 4 nitrogen and oxygen atoms in total. The number of carbonyl (C=O) groups is 2. The molecule has 23 heavy (non-hydrogen) atoms. The zero-order valence-corrected chi connectivity index (χ0v) is 20.9. The Hall–Kier alpha value is 1.82. The van der Waals surface area contributed by atoms with Crippen molar-refractivity contribution in [1.29, 1.82) is 0 Å². The first-order valence-electron chi connectivity index (χ1n) is 6.62. The van der Waals surface area contributed by atoms with Gasteiger partial charge in [0.25, 0.3) is 0 Å². The molecule has 0 aliphatic rings. The van der Waals surface area contributed by atoms with Gasteiger partial charge < -0.3 is 19.8 Å². The maximum Gasteiger partial charge on any atom is 1.00 e. The van der Waals surface area contributed by atoms with Crippen LogP contribution in [0.15, 0.2) is 0 Å². The zero-order chi connectivity index (χ0) is 16.1. The largest absolute Gasteiger partial charge is 1.00 e. The molecule has 0 aromatic rings. The normalized spacial score (nSPS) is 9.39. The zero-order valence-electron chi connectivity index (χ0n) is 13.6.